The Balaban J connectivity index is 1.59. The minimum absolute atomic E-state index is 0.00713. The number of morpholine rings is 1. The zero-order chi connectivity index (χ0) is 24.9. The zero-order valence-electron chi connectivity index (χ0n) is 19.4. The number of thiophene rings is 1. The Hall–Kier alpha value is -3.76. The number of carbonyl (C=O) groups is 2. The maximum Gasteiger partial charge on any atom is 0.311 e. The topological polar surface area (TPSA) is 111 Å². The molecule has 3 aromatic rings. The highest BCUT2D eigenvalue weighted by atomic mass is 32.1. The van der Waals surface area contributed by atoms with Crippen molar-refractivity contribution in [1.29, 1.82) is 0 Å². The maximum absolute atomic E-state index is 13.4. The molecule has 35 heavy (non-hydrogen) atoms. The van der Waals surface area contributed by atoms with Gasteiger partial charge in [-0.15, -0.1) is 11.3 Å². The van der Waals surface area contributed by atoms with E-state index in [0.29, 0.717) is 42.4 Å². The molecule has 2 amide bonds. The summed E-state index contributed by atoms with van der Waals surface area (Å²) < 4.78 is 10.8. The van der Waals surface area contributed by atoms with Crippen molar-refractivity contribution in [2.75, 3.05) is 38.2 Å². The predicted molar refractivity (Wildman–Crippen MR) is 133 cm³/mol. The van der Waals surface area contributed by atoms with E-state index < -0.39 is 17.4 Å². The highest BCUT2D eigenvalue weighted by Crippen LogP contribution is 2.40. The smallest absolute Gasteiger partial charge is 0.311 e. The van der Waals surface area contributed by atoms with Crippen molar-refractivity contribution < 1.29 is 24.0 Å². The summed E-state index contributed by atoms with van der Waals surface area (Å²) in [5.74, 6) is -0.681. The van der Waals surface area contributed by atoms with Crippen LogP contribution in [-0.2, 0) is 9.53 Å². The lowest BCUT2D eigenvalue weighted by Crippen LogP contribution is -2.41. The number of anilines is 1. The van der Waals surface area contributed by atoms with Crippen LogP contribution in [0.15, 0.2) is 48.5 Å². The molecule has 0 saturated carbocycles. The van der Waals surface area contributed by atoms with Crippen LogP contribution >= 0.6 is 11.3 Å². The van der Waals surface area contributed by atoms with Gasteiger partial charge in [0.1, 0.15) is 5.00 Å². The Morgan fingerprint density at radius 1 is 1.14 bits per heavy atom. The minimum atomic E-state index is -0.548. The van der Waals surface area contributed by atoms with Gasteiger partial charge in [0.05, 0.1) is 23.7 Å². The van der Waals surface area contributed by atoms with Crippen molar-refractivity contribution in [3.8, 4) is 16.2 Å². The second kappa shape index (κ2) is 10.7. The molecule has 1 aliphatic rings. The van der Waals surface area contributed by atoms with E-state index in [0.717, 1.165) is 16.0 Å². The van der Waals surface area contributed by atoms with Gasteiger partial charge in [0.2, 0.25) is 0 Å². The standard InChI is InChI=1S/C25H25N3O6S/c1-16-8-9-20(19(14-16)28(31)32)34-15-21(29)26-24-22(25(30)27-10-12-33-13-11-27)17(2)23(35-24)18-6-4-3-5-7-18/h3-9,14H,10-13,15H2,1-2H3,(H,26,29). The van der Waals surface area contributed by atoms with Crippen LogP contribution in [-0.4, -0.2) is 54.5 Å². The summed E-state index contributed by atoms with van der Waals surface area (Å²) in [6.45, 7) is 5.04. The van der Waals surface area contributed by atoms with Gasteiger partial charge in [-0.1, -0.05) is 36.4 Å². The van der Waals surface area contributed by atoms with Gasteiger partial charge in [0.15, 0.2) is 12.4 Å². The van der Waals surface area contributed by atoms with Crippen LogP contribution in [0.3, 0.4) is 0 Å². The van der Waals surface area contributed by atoms with E-state index in [1.54, 1.807) is 17.9 Å². The van der Waals surface area contributed by atoms with Crippen molar-refractivity contribution in [2.24, 2.45) is 0 Å². The number of nitro groups is 1. The molecule has 1 aliphatic heterocycles. The van der Waals surface area contributed by atoms with E-state index in [1.165, 1.54) is 23.5 Å². The number of nitro benzene ring substituents is 1. The second-order valence-corrected chi connectivity index (χ2v) is 9.12. The van der Waals surface area contributed by atoms with Crippen molar-refractivity contribution in [3.63, 3.8) is 0 Å². The van der Waals surface area contributed by atoms with E-state index in [4.69, 9.17) is 9.47 Å². The number of aryl methyl sites for hydroxylation is 1. The van der Waals surface area contributed by atoms with Crippen molar-refractivity contribution in [3.05, 3.63) is 75.3 Å². The summed E-state index contributed by atoms with van der Waals surface area (Å²) in [5.41, 5.74) is 2.66. The number of benzene rings is 2. The lowest BCUT2D eigenvalue weighted by atomic mass is 10.1. The summed E-state index contributed by atoms with van der Waals surface area (Å²) in [6.07, 6.45) is 0. The normalized spacial score (nSPS) is 13.4. The molecule has 1 N–H and O–H groups in total. The van der Waals surface area contributed by atoms with E-state index in [2.05, 4.69) is 5.32 Å². The minimum Gasteiger partial charge on any atom is -0.477 e. The lowest BCUT2D eigenvalue weighted by molar-refractivity contribution is -0.385. The summed E-state index contributed by atoms with van der Waals surface area (Å²) in [6, 6.07) is 14.2. The molecule has 2 aromatic carbocycles. The third-order valence-corrected chi connectivity index (χ3v) is 6.87. The predicted octanol–water partition coefficient (Wildman–Crippen LogP) is 4.43. The van der Waals surface area contributed by atoms with Crippen molar-refractivity contribution in [2.45, 2.75) is 13.8 Å². The SMILES string of the molecule is Cc1ccc(OCC(=O)Nc2sc(-c3ccccc3)c(C)c2C(=O)N2CCOCC2)c([N+](=O)[O-])c1. The molecule has 2 heterocycles. The van der Waals surface area contributed by atoms with Crippen LogP contribution in [0.4, 0.5) is 10.7 Å². The van der Waals surface area contributed by atoms with Gasteiger partial charge in [-0.2, -0.15) is 0 Å². The fourth-order valence-corrected chi connectivity index (χ4v) is 5.07. The van der Waals surface area contributed by atoms with Crippen LogP contribution in [0.25, 0.3) is 10.4 Å². The maximum atomic E-state index is 13.4. The molecule has 1 fully saturated rings. The van der Waals surface area contributed by atoms with Gasteiger partial charge in [-0.05, 0) is 36.6 Å². The molecule has 1 saturated heterocycles. The molecule has 0 spiro atoms. The molecule has 0 atom stereocenters. The fraction of sp³-hybridized carbons (Fsp3) is 0.280. The molecule has 0 radical (unpaired) electrons. The van der Waals surface area contributed by atoms with Crippen LogP contribution in [0, 0.1) is 24.0 Å². The van der Waals surface area contributed by atoms with Gasteiger partial charge in [-0.3, -0.25) is 19.7 Å². The molecule has 0 unspecified atom stereocenters. The zero-order valence-corrected chi connectivity index (χ0v) is 20.2. The third kappa shape index (κ3) is 5.50. The quantitative estimate of drug-likeness (QED) is 0.383. The van der Waals surface area contributed by atoms with Crippen molar-refractivity contribution in [1.82, 2.24) is 4.90 Å². The molecule has 0 aliphatic carbocycles. The first-order chi connectivity index (χ1) is 16.8. The Labute approximate surface area is 206 Å². The largest absolute Gasteiger partial charge is 0.477 e. The molecule has 1 aromatic heterocycles. The number of ether oxygens (including phenoxy) is 2. The first kappa shape index (κ1) is 24.4. The van der Waals surface area contributed by atoms with Crippen LogP contribution in [0.5, 0.6) is 5.75 Å². The average Bonchev–Trinajstić information content (AvgIpc) is 3.19. The fourth-order valence-electron chi connectivity index (χ4n) is 3.85. The Morgan fingerprint density at radius 3 is 2.54 bits per heavy atom. The number of nitrogens with zero attached hydrogens (tertiary/aromatic N) is 2. The second-order valence-electron chi connectivity index (χ2n) is 8.10. The molecule has 0 bridgehead atoms. The van der Waals surface area contributed by atoms with Crippen LogP contribution < -0.4 is 10.1 Å². The van der Waals surface area contributed by atoms with E-state index >= 15 is 0 Å². The van der Waals surface area contributed by atoms with Crippen LogP contribution in [0.1, 0.15) is 21.5 Å². The number of nitrogens with one attached hydrogen (secondary N) is 1. The van der Waals surface area contributed by atoms with Gasteiger partial charge < -0.3 is 19.7 Å². The average molecular weight is 496 g/mol. The molecule has 9 nitrogen and oxygen atoms in total. The highest BCUT2D eigenvalue weighted by Gasteiger charge is 2.28. The summed E-state index contributed by atoms with van der Waals surface area (Å²) in [5, 5.41) is 14.5. The number of carbonyl (C=O) groups excluding carboxylic acids is 2. The number of rotatable bonds is 7. The monoisotopic (exact) mass is 495 g/mol. The molecular weight excluding hydrogens is 470 g/mol. The lowest BCUT2D eigenvalue weighted by Gasteiger charge is -2.27. The van der Waals surface area contributed by atoms with Gasteiger partial charge in [-0.25, -0.2) is 0 Å². The van der Waals surface area contributed by atoms with Gasteiger partial charge in [0, 0.05) is 24.0 Å². The van der Waals surface area contributed by atoms with E-state index in [1.807, 2.05) is 37.3 Å². The summed E-state index contributed by atoms with van der Waals surface area (Å²) in [4.78, 5) is 39.6. The Kier molecular flexibility index (Phi) is 7.42. The van der Waals surface area contributed by atoms with Crippen molar-refractivity contribution >= 4 is 33.8 Å². The van der Waals surface area contributed by atoms with Gasteiger partial charge in [0.25, 0.3) is 11.8 Å². The van der Waals surface area contributed by atoms with E-state index in [-0.39, 0.29) is 17.3 Å². The highest BCUT2D eigenvalue weighted by molar-refractivity contribution is 7.20. The Morgan fingerprint density at radius 2 is 1.86 bits per heavy atom. The molecule has 182 valence electrons. The molecule has 10 heteroatoms. The van der Waals surface area contributed by atoms with E-state index in [9.17, 15) is 19.7 Å². The molecular formula is C25H25N3O6S. The first-order valence-electron chi connectivity index (χ1n) is 11.1. The molecule has 4 rings (SSSR count). The van der Waals surface area contributed by atoms with Crippen LogP contribution in [0.2, 0.25) is 0 Å². The third-order valence-electron chi connectivity index (χ3n) is 5.62. The summed E-state index contributed by atoms with van der Waals surface area (Å²) >= 11 is 1.32. The number of hydrogen-bond acceptors (Lipinski definition) is 7. The number of amides is 2. The summed E-state index contributed by atoms with van der Waals surface area (Å²) in [7, 11) is 0. The first-order valence-corrected chi connectivity index (χ1v) is 11.9. The Bertz CT molecular complexity index is 1250. The number of hydrogen-bond donors (Lipinski definition) is 1. The van der Waals surface area contributed by atoms with Gasteiger partial charge >= 0.3 is 5.69 Å².